The number of aliphatic hydroxyl groups is 1. The molecule has 2 heteroatoms. The Morgan fingerprint density at radius 1 is 1.25 bits per heavy atom. The lowest BCUT2D eigenvalue weighted by atomic mass is 10.1. The van der Waals surface area contributed by atoms with Gasteiger partial charge in [-0.25, -0.2) is 0 Å². The molecule has 0 radical (unpaired) electrons. The van der Waals surface area contributed by atoms with Crippen LogP contribution in [0, 0.1) is 0 Å². The Morgan fingerprint density at radius 2 is 1.94 bits per heavy atom. The molecular weight excluding hydrogens is 198 g/mol. The smallest absolute Gasteiger partial charge is 0.0690 e. The summed E-state index contributed by atoms with van der Waals surface area (Å²) in [4.78, 5) is 2.33. The lowest BCUT2D eigenvalue weighted by Crippen LogP contribution is -2.22. The van der Waals surface area contributed by atoms with Crippen LogP contribution < -0.4 is 4.90 Å². The van der Waals surface area contributed by atoms with E-state index in [0.29, 0.717) is 0 Å². The highest BCUT2D eigenvalue weighted by Gasteiger charge is 2.40. The third kappa shape index (κ3) is 2.56. The minimum atomic E-state index is -0.387. The highest BCUT2D eigenvalue weighted by Crippen LogP contribution is 2.38. The molecule has 0 heterocycles. The van der Waals surface area contributed by atoms with Crippen LogP contribution in [0.5, 0.6) is 0 Å². The normalized spacial score (nSPS) is 17.2. The van der Waals surface area contributed by atoms with Gasteiger partial charge in [-0.15, -0.1) is 0 Å². The molecule has 0 saturated heterocycles. The van der Waals surface area contributed by atoms with Gasteiger partial charge in [-0.05, 0) is 44.4 Å². The van der Waals surface area contributed by atoms with Crippen molar-refractivity contribution in [1.29, 1.82) is 0 Å². The van der Waals surface area contributed by atoms with Crippen molar-refractivity contribution in [2.24, 2.45) is 0 Å². The minimum absolute atomic E-state index is 0.387. The van der Waals surface area contributed by atoms with Gasteiger partial charge in [-0.1, -0.05) is 12.1 Å². The Balaban J connectivity index is 2.12. The third-order valence-corrected chi connectivity index (χ3v) is 3.40. The van der Waals surface area contributed by atoms with Crippen LogP contribution in [0.2, 0.25) is 0 Å². The second-order valence-corrected chi connectivity index (χ2v) is 4.74. The molecule has 2 rings (SSSR count). The van der Waals surface area contributed by atoms with Crippen LogP contribution in [0.25, 0.3) is 0 Å². The van der Waals surface area contributed by atoms with Gasteiger partial charge >= 0.3 is 0 Å². The standard InChI is InChI=1S/C14H21NO/c1-3-15(4-2)13-7-5-6-12(10-13)11-14(16)8-9-14/h5-7,10,16H,3-4,8-9,11H2,1-2H3. The van der Waals surface area contributed by atoms with E-state index < -0.39 is 0 Å². The van der Waals surface area contributed by atoms with Crippen molar-refractivity contribution in [3.05, 3.63) is 29.8 Å². The number of anilines is 1. The Bertz CT molecular complexity index is 354. The molecule has 2 nitrogen and oxygen atoms in total. The summed E-state index contributed by atoms with van der Waals surface area (Å²) in [6.07, 6.45) is 2.73. The van der Waals surface area contributed by atoms with Gasteiger partial charge in [0.15, 0.2) is 0 Å². The Morgan fingerprint density at radius 3 is 2.50 bits per heavy atom. The van der Waals surface area contributed by atoms with Gasteiger partial charge in [0.25, 0.3) is 0 Å². The molecule has 1 fully saturated rings. The van der Waals surface area contributed by atoms with Gasteiger partial charge in [-0.3, -0.25) is 0 Å². The number of nitrogens with zero attached hydrogens (tertiary/aromatic N) is 1. The van der Waals surface area contributed by atoms with Crippen LogP contribution in [-0.4, -0.2) is 23.8 Å². The summed E-state index contributed by atoms with van der Waals surface area (Å²) in [5.41, 5.74) is 2.14. The second kappa shape index (κ2) is 4.46. The van der Waals surface area contributed by atoms with Crippen molar-refractivity contribution in [2.75, 3.05) is 18.0 Å². The van der Waals surface area contributed by atoms with Crippen molar-refractivity contribution >= 4 is 5.69 Å². The van der Waals surface area contributed by atoms with Crippen LogP contribution in [0.4, 0.5) is 5.69 Å². The molecule has 0 spiro atoms. The maximum Gasteiger partial charge on any atom is 0.0690 e. The fraction of sp³-hybridized carbons (Fsp3) is 0.571. The van der Waals surface area contributed by atoms with Gasteiger partial charge in [0.05, 0.1) is 5.60 Å². The molecule has 0 atom stereocenters. The summed E-state index contributed by atoms with van der Waals surface area (Å²) in [7, 11) is 0. The monoisotopic (exact) mass is 219 g/mol. The highest BCUT2D eigenvalue weighted by molar-refractivity contribution is 5.48. The average molecular weight is 219 g/mol. The molecule has 0 amide bonds. The van der Waals surface area contributed by atoms with E-state index >= 15 is 0 Å². The van der Waals surface area contributed by atoms with E-state index in [1.165, 1.54) is 11.3 Å². The number of hydrogen-bond donors (Lipinski definition) is 1. The zero-order chi connectivity index (χ0) is 11.6. The summed E-state index contributed by atoms with van der Waals surface area (Å²) < 4.78 is 0. The summed E-state index contributed by atoms with van der Waals surface area (Å²) in [6.45, 7) is 6.41. The van der Waals surface area contributed by atoms with E-state index in [2.05, 4.69) is 43.0 Å². The fourth-order valence-electron chi connectivity index (χ4n) is 2.15. The summed E-state index contributed by atoms with van der Waals surface area (Å²) in [5, 5.41) is 9.91. The molecule has 88 valence electrons. The number of benzene rings is 1. The van der Waals surface area contributed by atoms with Crippen molar-refractivity contribution in [3.8, 4) is 0 Å². The van der Waals surface area contributed by atoms with E-state index in [4.69, 9.17) is 0 Å². The number of rotatable bonds is 5. The van der Waals surface area contributed by atoms with Gasteiger partial charge < -0.3 is 10.0 Å². The SMILES string of the molecule is CCN(CC)c1cccc(CC2(O)CC2)c1. The van der Waals surface area contributed by atoms with Crippen molar-refractivity contribution in [2.45, 2.75) is 38.7 Å². The first-order valence-corrected chi connectivity index (χ1v) is 6.23. The predicted octanol–water partition coefficient (Wildman–Crippen LogP) is 2.60. The zero-order valence-corrected chi connectivity index (χ0v) is 10.2. The van der Waals surface area contributed by atoms with E-state index in [1.54, 1.807) is 0 Å². The van der Waals surface area contributed by atoms with Gasteiger partial charge in [0.2, 0.25) is 0 Å². The molecular formula is C14H21NO. The van der Waals surface area contributed by atoms with Crippen LogP contribution in [0.3, 0.4) is 0 Å². The van der Waals surface area contributed by atoms with Crippen LogP contribution >= 0.6 is 0 Å². The molecule has 1 N–H and O–H groups in total. The summed E-state index contributed by atoms with van der Waals surface area (Å²) in [6, 6.07) is 8.56. The molecule has 1 aromatic carbocycles. The van der Waals surface area contributed by atoms with Gasteiger partial charge in [-0.2, -0.15) is 0 Å². The topological polar surface area (TPSA) is 23.5 Å². The van der Waals surface area contributed by atoms with E-state index in [1.807, 2.05) is 0 Å². The summed E-state index contributed by atoms with van der Waals surface area (Å²) in [5.74, 6) is 0. The molecule has 1 saturated carbocycles. The van der Waals surface area contributed by atoms with Crippen molar-refractivity contribution in [1.82, 2.24) is 0 Å². The molecule has 1 aliphatic rings. The average Bonchev–Trinajstić information content (AvgIpc) is 2.98. The van der Waals surface area contributed by atoms with Crippen molar-refractivity contribution in [3.63, 3.8) is 0 Å². The minimum Gasteiger partial charge on any atom is -0.390 e. The lowest BCUT2D eigenvalue weighted by molar-refractivity contribution is 0.151. The van der Waals surface area contributed by atoms with Crippen LogP contribution in [-0.2, 0) is 6.42 Å². The molecule has 1 aromatic rings. The highest BCUT2D eigenvalue weighted by atomic mass is 16.3. The molecule has 0 unspecified atom stereocenters. The van der Waals surface area contributed by atoms with Gasteiger partial charge in [0, 0.05) is 25.2 Å². The first-order valence-electron chi connectivity index (χ1n) is 6.23. The number of hydrogen-bond acceptors (Lipinski definition) is 2. The van der Waals surface area contributed by atoms with E-state index in [9.17, 15) is 5.11 Å². The van der Waals surface area contributed by atoms with E-state index in [-0.39, 0.29) is 5.60 Å². The Labute approximate surface area is 97.9 Å². The first-order chi connectivity index (χ1) is 7.67. The first kappa shape index (κ1) is 11.5. The fourth-order valence-corrected chi connectivity index (χ4v) is 2.15. The third-order valence-electron chi connectivity index (χ3n) is 3.40. The molecule has 1 aliphatic carbocycles. The second-order valence-electron chi connectivity index (χ2n) is 4.74. The van der Waals surface area contributed by atoms with Crippen molar-refractivity contribution < 1.29 is 5.11 Å². The van der Waals surface area contributed by atoms with E-state index in [0.717, 1.165) is 32.4 Å². The van der Waals surface area contributed by atoms with Crippen LogP contribution in [0.1, 0.15) is 32.3 Å². The maximum absolute atomic E-state index is 9.91. The maximum atomic E-state index is 9.91. The lowest BCUT2D eigenvalue weighted by Gasteiger charge is -2.22. The molecule has 0 bridgehead atoms. The summed E-state index contributed by atoms with van der Waals surface area (Å²) >= 11 is 0. The quantitative estimate of drug-likeness (QED) is 0.823. The Hall–Kier alpha value is -1.02. The molecule has 16 heavy (non-hydrogen) atoms. The largest absolute Gasteiger partial charge is 0.390 e. The predicted molar refractivity (Wildman–Crippen MR) is 67.9 cm³/mol. The Kier molecular flexibility index (Phi) is 3.20. The van der Waals surface area contributed by atoms with Gasteiger partial charge in [0.1, 0.15) is 0 Å². The molecule has 0 aromatic heterocycles. The van der Waals surface area contributed by atoms with Crippen LogP contribution in [0.15, 0.2) is 24.3 Å². The zero-order valence-electron chi connectivity index (χ0n) is 10.2. The molecule has 0 aliphatic heterocycles.